The van der Waals surface area contributed by atoms with E-state index in [1.807, 2.05) is 6.07 Å². The summed E-state index contributed by atoms with van der Waals surface area (Å²) in [4.78, 5) is 7.10. The summed E-state index contributed by atoms with van der Waals surface area (Å²) in [7, 11) is 2.15. The maximum absolute atomic E-state index is 9.07. The molecule has 1 aliphatic rings. The fraction of sp³-hybridized carbons (Fsp3) is 0.381. The molecule has 0 saturated heterocycles. The highest BCUT2D eigenvalue weighted by Crippen LogP contribution is 2.47. The van der Waals surface area contributed by atoms with Crippen LogP contribution in [0.5, 0.6) is 0 Å². The number of amidine groups is 1. The maximum Gasteiger partial charge on any atom is 0.109 e. The molecule has 0 fully saturated rings. The zero-order valence-electron chi connectivity index (χ0n) is 15.6. The minimum Gasteiger partial charge on any atom is -0.396 e. The molecule has 0 aromatic heterocycles. The van der Waals surface area contributed by atoms with E-state index in [-0.39, 0.29) is 30.5 Å². The van der Waals surface area contributed by atoms with Gasteiger partial charge in [0.1, 0.15) is 5.84 Å². The number of hydrogen-bond donors (Lipinski definition) is 2. The standard InChI is InChI=1S/C21H27N3O.ClH/c1-21(2)19(24(3)16-10-5-4-6-11-16)17-12-7-8-13-18(17)23-20(21)22-14-9-15-25;/h4-8,10-13,19,25H,9,14-15H2,1-3H3,(H,22,23);1H. The van der Waals surface area contributed by atoms with Crippen LogP contribution in [-0.4, -0.2) is 31.1 Å². The van der Waals surface area contributed by atoms with Crippen molar-refractivity contribution in [2.45, 2.75) is 26.3 Å². The zero-order valence-corrected chi connectivity index (χ0v) is 16.5. The molecule has 0 bridgehead atoms. The first-order valence-electron chi connectivity index (χ1n) is 8.85. The molecule has 0 aliphatic carbocycles. The molecule has 0 amide bonds. The quantitative estimate of drug-likeness (QED) is 0.757. The monoisotopic (exact) mass is 373 g/mol. The van der Waals surface area contributed by atoms with E-state index in [1.54, 1.807) is 0 Å². The third-order valence-electron chi connectivity index (χ3n) is 4.94. The molecule has 2 aromatic rings. The minimum atomic E-state index is -0.186. The van der Waals surface area contributed by atoms with Crippen molar-refractivity contribution in [1.82, 2.24) is 0 Å². The van der Waals surface area contributed by atoms with Crippen molar-refractivity contribution in [3.05, 3.63) is 60.2 Å². The molecule has 1 unspecified atom stereocenters. The average molecular weight is 374 g/mol. The number of rotatable bonds is 5. The van der Waals surface area contributed by atoms with Crippen molar-refractivity contribution in [1.29, 1.82) is 0 Å². The first-order valence-corrected chi connectivity index (χ1v) is 8.85. The predicted molar refractivity (Wildman–Crippen MR) is 113 cm³/mol. The van der Waals surface area contributed by atoms with Gasteiger partial charge in [0.15, 0.2) is 0 Å². The number of nitrogens with one attached hydrogen (secondary N) is 1. The second-order valence-electron chi connectivity index (χ2n) is 7.09. The molecule has 2 N–H and O–H groups in total. The number of benzene rings is 2. The summed E-state index contributed by atoms with van der Waals surface area (Å²) in [6.45, 7) is 5.27. The second-order valence-corrected chi connectivity index (χ2v) is 7.09. The Morgan fingerprint density at radius 2 is 1.73 bits per heavy atom. The fourth-order valence-electron chi connectivity index (χ4n) is 3.67. The Balaban J connectivity index is 0.00000243. The molecule has 5 heteroatoms. The van der Waals surface area contributed by atoms with Gasteiger partial charge in [-0.05, 0) is 30.2 Å². The molecule has 1 atom stereocenters. The number of hydrogen-bond acceptors (Lipinski definition) is 3. The van der Waals surface area contributed by atoms with E-state index in [2.05, 4.69) is 79.6 Å². The number of aliphatic hydroxyl groups is 1. The van der Waals surface area contributed by atoms with E-state index in [1.165, 1.54) is 11.3 Å². The molecule has 0 radical (unpaired) electrons. The van der Waals surface area contributed by atoms with Crippen LogP contribution in [0.2, 0.25) is 0 Å². The van der Waals surface area contributed by atoms with Gasteiger partial charge in [-0.2, -0.15) is 0 Å². The van der Waals surface area contributed by atoms with Crippen LogP contribution in [0.3, 0.4) is 0 Å². The Bertz CT molecular complexity index is 746. The molecule has 140 valence electrons. The van der Waals surface area contributed by atoms with Gasteiger partial charge in [0.25, 0.3) is 0 Å². The summed E-state index contributed by atoms with van der Waals surface area (Å²) in [5.74, 6) is 0.979. The molecular formula is C21H28ClN3O. The fourth-order valence-corrected chi connectivity index (χ4v) is 3.67. The van der Waals surface area contributed by atoms with Crippen molar-refractivity contribution in [3.8, 4) is 0 Å². The lowest BCUT2D eigenvalue weighted by Crippen LogP contribution is -2.47. The molecule has 1 heterocycles. The number of fused-ring (bicyclic) bond motifs is 1. The van der Waals surface area contributed by atoms with Crippen LogP contribution in [0.1, 0.15) is 31.9 Å². The summed E-state index contributed by atoms with van der Waals surface area (Å²) in [5, 5.41) is 12.6. The largest absolute Gasteiger partial charge is 0.396 e. The molecule has 1 aliphatic heterocycles. The van der Waals surface area contributed by atoms with E-state index in [0.29, 0.717) is 13.0 Å². The van der Waals surface area contributed by atoms with Crippen molar-refractivity contribution >= 4 is 29.6 Å². The van der Waals surface area contributed by atoms with Gasteiger partial charge in [-0.1, -0.05) is 50.2 Å². The lowest BCUT2D eigenvalue weighted by atomic mass is 9.75. The highest BCUT2D eigenvalue weighted by atomic mass is 35.5. The lowest BCUT2D eigenvalue weighted by Gasteiger charge is -2.46. The SMILES string of the molecule is CN(c1ccccc1)C1c2ccccc2NC(=NCCCO)C1(C)C.Cl. The molecule has 26 heavy (non-hydrogen) atoms. The smallest absolute Gasteiger partial charge is 0.109 e. The van der Waals surface area contributed by atoms with E-state index in [9.17, 15) is 0 Å². The van der Waals surface area contributed by atoms with Crippen LogP contribution in [0, 0.1) is 5.41 Å². The summed E-state index contributed by atoms with van der Waals surface area (Å²) < 4.78 is 0. The van der Waals surface area contributed by atoms with Gasteiger partial charge in [-0.15, -0.1) is 12.4 Å². The van der Waals surface area contributed by atoms with Crippen LogP contribution in [0.4, 0.5) is 11.4 Å². The van der Waals surface area contributed by atoms with Crippen LogP contribution >= 0.6 is 12.4 Å². The Morgan fingerprint density at radius 1 is 1.08 bits per heavy atom. The van der Waals surface area contributed by atoms with Crippen molar-refractivity contribution in [2.75, 3.05) is 30.4 Å². The van der Waals surface area contributed by atoms with Crippen LogP contribution in [0.25, 0.3) is 0 Å². The van der Waals surface area contributed by atoms with E-state index >= 15 is 0 Å². The van der Waals surface area contributed by atoms with Gasteiger partial charge in [0, 0.05) is 37.0 Å². The molecule has 2 aromatic carbocycles. The van der Waals surface area contributed by atoms with Gasteiger partial charge >= 0.3 is 0 Å². The first-order chi connectivity index (χ1) is 12.1. The van der Waals surface area contributed by atoms with E-state index in [4.69, 9.17) is 10.1 Å². The number of aliphatic hydroxyl groups excluding tert-OH is 1. The predicted octanol–water partition coefficient (Wildman–Crippen LogP) is 4.52. The average Bonchev–Trinajstić information content (AvgIpc) is 2.62. The molecular weight excluding hydrogens is 346 g/mol. The summed E-state index contributed by atoms with van der Waals surface area (Å²) >= 11 is 0. The Hall–Kier alpha value is -2.04. The van der Waals surface area contributed by atoms with Gasteiger partial charge in [-0.25, -0.2) is 0 Å². The maximum atomic E-state index is 9.07. The van der Waals surface area contributed by atoms with Crippen molar-refractivity contribution < 1.29 is 5.11 Å². The highest BCUT2D eigenvalue weighted by molar-refractivity contribution is 6.03. The topological polar surface area (TPSA) is 47.9 Å². The third-order valence-corrected chi connectivity index (χ3v) is 4.94. The summed E-state index contributed by atoms with van der Waals surface area (Å²) in [6, 6.07) is 19.1. The second kappa shape index (κ2) is 8.56. The molecule has 0 spiro atoms. The lowest BCUT2D eigenvalue weighted by molar-refractivity contribution is 0.291. The molecule has 4 nitrogen and oxygen atoms in total. The van der Waals surface area contributed by atoms with Crippen molar-refractivity contribution in [2.24, 2.45) is 10.4 Å². The van der Waals surface area contributed by atoms with Gasteiger partial charge in [0.05, 0.1) is 6.04 Å². The molecule has 0 saturated carbocycles. The first kappa shape index (κ1) is 20.3. The minimum absolute atomic E-state index is 0. The van der Waals surface area contributed by atoms with Gasteiger partial charge < -0.3 is 15.3 Å². The Morgan fingerprint density at radius 3 is 2.42 bits per heavy atom. The normalized spacial score (nSPS) is 19.2. The van der Waals surface area contributed by atoms with E-state index in [0.717, 1.165) is 11.5 Å². The van der Waals surface area contributed by atoms with Crippen molar-refractivity contribution in [3.63, 3.8) is 0 Å². The Kier molecular flexibility index (Phi) is 6.68. The van der Waals surface area contributed by atoms with Gasteiger partial charge in [0.2, 0.25) is 0 Å². The Labute approximate surface area is 162 Å². The van der Waals surface area contributed by atoms with Crippen LogP contribution in [0.15, 0.2) is 59.6 Å². The van der Waals surface area contributed by atoms with E-state index < -0.39 is 0 Å². The number of aliphatic imine (C=N–C) groups is 1. The summed E-state index contributed by atoms with van der Waals surface area (Å²) in [6.07, 6.45) is 0.683. The number of nitrogens with zero attached hydrogens (tertiary/aromatic N) is 2. The molecule has 3 rings (SSSR count). The number of anilines is 2. The van der Waals surface area contributed by atoms with Gasteiger partial charge in [-0.3, -0.25) is 4.99 Å². The number of para-hydroxylation sites is 2. The van der Waals surface area contributed by atoms with Crippen LogP contribution in [-0.2, 0) is 0 Å². The third kappa shape index (κ3) is 3.87. The highest BCUT2D eigenvalue weighted by Gasteiger charge is 2.43. The zero-order chi connectivity index (χ0) is 17.9. The number of halogens is 1. The van der Waals surface area contributed by atoms with Crippen LogP contribution < -0.4 is 10.2 Å². The summed E-state index contributed by atoms with van der Waals surface area (Å²) in [5.41, 5.74) is 3.39.